The number of aliphatic imine (C=N–C) groups is 1. The van der Waals surface area contributed by atoms with Crippen molar-refractivity contribution in [1.29, 1.82) is 0 Å². The van der Waals surface area contributed by atoms with E-state index in [9.17, 15) is 13.6 Å². The van der Waals surface area contributed by atoms with Crippen molar-refractivity contribution in [2.75, 3.05) is 0 Å². The topological polar surface area (TPSA) is 29.4 Å². The summed E-state index contributed by atoms with van der Waals surface area (Å²) in [6.07, 6.45) is 11.2. The summed E-state index contributed by atoms with van der Waals surface area (Å²) in [4.78, 5) is 16.0. The van der Waals surface area contributed by atoms with Crippen LogP contribution in [0.4, 0.5) is 14.5 Å². The van der Waals surface area contributed by atoms with Gasteiger partial charge in [-0.2, -0.15) is 0 Å². The Bertz CT molecular complexity index is 894. The lowest BCUT2D eigenvalue weighted by molar-refractivity contribution is -0.113. The van der Waals surface area contributed by atoms with Gasteiger partial charge >= 0.3 is 0 Å². The standard InChI is InChI=1S/C23H25F2NO/c1-6-8-9-19(18-11-10-17(13-18)16(4)27)20-14-22(26-7-2)15(3)12-21(20)23(5,24)25/h6-12,14H,13H2,1-5H3/b8-6-,19-9+,26-7?. The summed E-state index contributed by atoms with van der Waals surface area (Å²) in [6.45, 7) is 7.86. The number of benzene rings is 1. The smallest absolute Gasteiger partial charge is 0.271 e. The molecule has 0 unspecified atom stereocenters. The minimum Gasteiger partial charge on any atom is -0.295 e. The molecule has 0 atom stereocenters. The van der Waals surface area contributed by atoms with Gasteiger partial charge in [-0.05, 0) is 67.7 Å². The average Bonchev–Trinajstić information content (AvgIpc) is 3.07. The minimum atomic E-state index is -3.00. The Kier molecular flexibility index (Phi) is 6.42. The minimum absolute atomic E-state index is 0.00661. The molecule has 0 radical (unpaired) electrons. The van der Waals surface area contributed by atoms with E-state index >= 15 is 0 Å². The van der Waals surface area contributed by atoms with Crippen LogP contribution in [0.25, 0.3) is 5.57 Å². The summed E-state index contributed by atoms with van der Waals surface area (Å²) < 4.78 is 28.8. The molecule has 0 fully saturated rings. The molecule has 0 spiro atoms. The zero-order valence-electron chi connectivity index (χ0n) is 16.4. The maximum atomic E-state index is 14.4. The molecule has 0 N–H and O–H groups in total. The van der Waals surface area contributed by atoms with Gasteiger partial charge < -0.3 is 0 Å². The van der Waals surface area contributed by atoms with Gasteiger partial charge in [-0.1, -0.05) is 30.4 Å². The number of halogens is 2. The fourth-order valence-corrected chi connectivity index (χ4v) is 3.07. The number of Topliss-reactive ketones (excluding diaryl/α,β-unsaturated/α-hetero) is 1. The van der Waals surface area contributed by atoms with Crippen molar-refractivity contribution in [1.82, 2.24) is 0 Å². The van der Waals surface area contributed by atoms with Crippen LogP contribution in [-0.4, -0.2) is 12.0 Å². The van der Waals surface area contributed by atoms with Gasteiger partial charge in [-0.15, -0.1) is 0 Å². The Hall–Kier alpha value is -2.62. The molecule has 2 rings (SSSR count). The number of hydrogen-bond donors (Lipinski definition) is 0. The molecule has 0 bridgehead atoms. The van der Waals surface area contributed by atoms with Gasteiger partial charge in [0.25, 0.3) is 5.92 Å². The van der Waals surface area contributed by atoms with Crippen molar-refractivity contribution in [2.45, 2.75) is 47.0 Å². The van der Waals surface area contributed by atoms with E-state index in [1.807, 2.05) is 31.2 Å². The molecular weight excluding hydrogens is 344 g/mol. The number of hydrogen-bond acceptors (Lipinski definition) is 2. The first-order valence-electron chi connectivity index (χ1n) is 8.95. The molecule has 0 aliphatic heterocycles. The molecule has 27 heavy (non-hydrogen) atoms. The Labute approximate surface area is 159 Å². The van der Waals surface area contributed by atoms with Gasteiger partial charge in [-0.25, -0.2) is 8.78 Å². The largest absolute Gasteiger partial charge is 0.295 e. The van der Waals surface area contributed by atoms with E-state index in [4.69, 9.17) is 0 Å². The van der Waals surface area contributed by atoms with E-state index in [0.717, 1.165) is 12.5 Å². The number of rotatable bonds is 6. The summed E-state index contributed by atoms with van der Waals surface area (Å²) in [7, 11) is 0. The molecule has 0 heterocycles. The van der Waals surface area contributed by atoms with Gasteiger partial charge in [0.15, 0.2) is 5.78 Å². The first-order valence-corrected chi connectivity index (χ1v) is 8.95. The van der Waals surface area contributed by atoms with Gasteiger partial charge in [-0.3, -0.25) is 9.79 Å². The van der Waals surface area contributed by atoms with E-state index in [1.54, 1.807) is 32.2 Å². The SMILES string of the molecule is CC=Nc1cc(/C(=C/C=C\C)C2=CC=C(C(C)=O)C2)c(C(C)(F)F)cc1C. The molecule has 1 aromatic rings. The molecular formula is C23H25F2NO. The molecule has 0 saturated heterocycles. The summed E-state index contributed by atoms with van der Waals surface area (Å²) in [5, 5.41) is 0. The number of aryl methyl sites for hydroxylation is 1. The van der Waals surface area contributed by atoms with Gasteiger partial charge in [0, 0.05) is 25.1 Å². The first kappa shape index (κ1) is 20.7. The van der Waals surface area contributed by atoms with E-state index < -0.39 is 5.92 Å². The molecule has 0 aromatic heterocycles. The first-order chi connectivity index (χ1) is 12.7. The lowest BCUT2D eigenvalue weighted by Gasteiger charge is -2.21. The van der Waals surface area contributed by atoms with Crippen LogP contribution in [0, 0.1) is 6.92 Å². The van der Waals surface area contributed by atoms with Crippen molar-refractivity contribution in [3.8, 4) is 0 Å². The van der Waals surface area contributed by atoms with Crippen molar-refractivity contribution in [3.05, 3.63) is 70.3 Å². The van der Waals surface area contributed by atoms with Crippen LogP contribution in [-0.2, 0) is 10.7 Å². The lowest BCUT2D eigenvalue weighted by Crippen LogP contribution is -2.12. The second-order valence-electron chi connectivity index (χ2n) is 6.68. The fourth-order valence-electron chi connectivity index (χ4n) is 3.07. The second-order valence-corrected chi connectivity index (χ2v) is 6.68. The van der Waals surface area contributed by atoms with Crippen molar-refractivity contribution in [2.24, 2.45) is 4.99 Å². The Morgan fingerprint density at radius 3 is 2.37 bits per heavy atom. The molecule has 1 aliphatic carbocycles. The normalized spacial score (nSPS) is 15.6. The highest BCUT2D eigenvalue weighted by atomic mass is 19.3. The van der Waals surface area contributed by atoms with Crippen LogP contribution >= 0.6 is 0 Å². The highest BCUT2D eigenvalue weighted by Crippen LogP contribution is 2.41. The summed E-state index contributed by atoms with van der Waals surface area (Å²) in [6, 6.07) is 3.22. The second kappa shape index (κ2) is 8.38. The van der Waals surface area contributed by atoms with E-state index in [1.165, 1.54) is 13.0 Å². The Balaban J connectivity index is 2.69. The van der Waals surface area contributed by atoms with Crippen molar-refractivity contribution < 1.29 is 13.6 Å². The van der Waals surface area contributed by atoms with Crippen LogP contribution in [0.3, 0.4) is 0 Å². The molecule has 0 amide bonds. The third-order valence-corrected chi connectivity index (χ3v) is 4.49. The maximum Gasteiger partial charge on any atom is 0.271 e. The number of carbonyl (C=O) groups excluding carboxylic acids is 1. The van der Waals surface area contributed by atoms with E-state index in [-0.39, 0.29) is 11.3 Å². The van der Waals surface area contributed by atoms with E-state index in [2.05, 4.69) is 4.99 Å². The number of allylic oxidation sites excluding steroid dienone is 8. The molecule has 1 aliphatic rings. The highest BCUT2D eigenvalue weighted by Gasteiger charge is 2.30. The van der Waals surface area contributed by atoms with Crippen molar-refractivity contribution in [3.63, 3.8) is 0 Å². The van der Waals surface area contributed by atoms with Gasteiger partial charge in [0.1, 0.15) is 0 Å². The predicted molar refractivity (Wildman–Crippen MR) is 109 cm³/mol. The molecule has 1 aromatic carbocycles. The molecule has 142 valence electrons. The van der Waals surface area contributed by atoms with Crippen LogP contribution < -0.4 is 0 Å². The van der Waals surface area contributed by atoms with Gasteiger partial charge in [0.05, 0.1) is 5.69 Å². The summed E-state index contributed by atoms with van der Waals surface area (Å²) in [5.41, 5.74) is 3.97. The summed E-state index contributed by atoms with van der Waals surface area (Å²) in [5.74, 6) is -3.01. The Morgan fingerprint density at radius 1 is 1.19 bits per heavy atom. The molecule has 2 nitrogen and oxygen atoms in total. The van der Waals surface area contributed by atoms with Crippen LogP contribution in [0.5, 0.6) is 0 Å². The maximum absolute atomic E-state index is 14.4. The van der Waals surface area contributed by atoms with Crippen molar-refractivity contribution >= 4 is 23.3 Å². The third-order valence-electron chi connectivity index (χ3n) is 4.49. The number of alkyl halides is 2. The third kappa shape index (κ3) is 4.76. The monoisotopic (exact) mass is 369 g/mol. The zero-order chi connectivity index (χ0) is 20.2. The fraction of sp³-hybridized carbons (Fsp3) is 0.304. The average molecular weight is 369 g/mol. The molecule has 4 heteroatoms. The lowest BCUT2D eigenvalue weighted by atomic mass is 9.88. The van der Waals surface area contributed by atoms with Crippen LogP contribution in [0.1, 0.15) is 50.8 Å². The highest BCUT2D eigenvalue weighted by molar-refractivity contribution is 5.97. The number of carbonyl (C=O) groups is 1. The van der Waals surface area contributed by atoms with Crippen LogP contribution in [0.15, 0.2) is 58.7 Å². The van der Waals surface area contributed by atoms with Gasteiger partial charge in [0.2, 0.25) is 0 Å². The number of nitrogens with zero attached hydrogens (tertiary/aromatic N) is 1. The predicted octanol–water partition coefficient (Wildman–Crippen LogP) is 6.63. The Morgan fingerprint density at radius 2 is 1.85 bits per heavy atom. The van der Waals surface area contributed by atoms with Crippen LogP contribution in [0.2, 0.25) is 0 Å². The quantitative estimate of drug-likeness (QED) is 0.408. The number of ketones is 1. The zero-order valence-corrected chi connectivity index (χ0v) is 16.4. The summed E-state index contributed by atoms with van der Waals surface area (Å²) >= 11 is 0. The van der Waals surface area contributed by atoms with E-state index in [0.29, 0.717) is 34.4 Å². The molecule has 0 saturated carbocycles.